The van der Waals surface area contributed by atoms with Gasteiger partial charge in [0.15, 0.2) is 0 Å². The molecule has 1 rings (SSSR count). The Balaban J connectivity index is 3.24. The van der Waals surface area contributed by atoms with Gasteiger partial charge < -0.3 is 4.74 Å². The summed E-state index contributed by atoms with van der Waals surface area (Å²) in [6.07, 6.45) is -2.54. The van der Waals surface area contributed by atoms with E-state index in [1.54, 1.807) is 6.92 Å². The monoisotopic (exact) mass is 265 g/mol. The van der Waals surface area contributed by atoms with Crippen molar-refractivity contribution in [2.45, 2.75) is 18.7 Å². The molecular formula is C9H10BrF2NO. The first kappa shape index (κ1) is 11.4. The third-order valence-corrected chi connectivity index (χ3v) is 2.33. The first-order chi connectivity index (χ1) is 6.60. The van der Waals surface area contributed by atoms with E-state index >= 15 is 0 Å². The smallest absolute Gasteiger partial charge is 0.280 e. The molecule has 1 aromatic rings. The van der Waals surface area contributed by atoms with Gasteiger partial charge in [0.1, 0.15) is 11.4 Å². The molecule has 1 heterocycles. The van der Waals surface area contributed by atoms with E-state index in [1.807, 2.05) is 0 Å². The van der Waals surface area contributed by atoms with Crippen LogP contribution in [0.3, 0.4) is 0 Å². The zero-order chi connectivity index (χ0) is 10.7. The summed E-state index contributed by atoms with van der Waals surface area (Å²) >= 11 is 3.18. The molecule has 0 saturated carbocycles. The van der Waals surface area contributed by atoms with Crippen LogP contribution in [0.15, 0.2) is 6.07 Å². The maximum atomic E-state index is 12.4. The summed E-state index contributed by atoms with van der Waals surface area (Å²) in [7, 11) is 1.50. The second-order valence-corrected chi connectivity index (χ2v) is 3.34. The van der Waals surface area contributed by atoms with Gasteiger partial charge in [0, 0.05) is 5.33 Å². The highest BCUT2D eigenvalue weighted by atomic mass is 79.9. The number of pyridine rings is 1. The van der Waals surface area contributed by atoms with Crippen LogP contribution in [0.1, 0.15) is 23.4 Å². The normalized spacial score (nSPS) is 10.7. The van der Waals surface area contributed by atoms with Crippen LogP contribution >= 0.6 is 15.9 Å². The number of ether oxygens (including phenoxy) is 1. The van der Waals surface area contributed by atoms with Gasteiger partial charge in [-0.25, -0.2) is 13.8 Å². The summed E-state index contributed by atoms with van der Waals surface area (Å²) in [5.74, 6) is 0.561. The van der Waals surface area contributed by atoms with Crippen molar-refractivity contribution in [1.82, 2.24) is 4.98 Å². The molecule has 0 N–H and O–H groups in total. The lowest BCUT2D eigenvalue weighted by Crippen LogP contribution is -2.00. The largest absolute Gasteiger partial charge is 0.495 e. The van der Waals surface area contributed by atoms with Crippen LogP contribution in [0, 0.1) is 6.92 Å². The lowest BCUT2D eigenvalue weighted by Gasteiger charge is -2.10. The molecule has 14 heavy (non-hydrogen) atoms. The van der Waals surface area contributed by atoms with Crippen molar-refractivity contribution in [2.75, 3.05) is 7.11 Å². The van der Waals surface area contributed by atoms with Crippen LogP contribution in [-0.2, 0) is 5.33 Å². The molecule has 5 heteroatoms. The predicted molar refractivity (Wildman–Crippen MR) is 53.1 cm³/mol. The van der Waals surface area contributed by atoms with E-state index in [4.69, 9.17) is 4.74 Å². The Labute approximate surface area is 89.4 Å². The number of halogens is 3. The van der Waals surface area contributed by atoms with Gasteiger partial charge in [-0.1, -0.05) is 15.9 Å². The van der Waals surface area contributed by atoms with Crippen molar-refractivity contribution in [1.29, 1.82) is 0 Å². The predicted octanol–water partition coefficient (Wildman–Crippen LogP) is 3.23. The summed E-state index contributed by atoms with van der Waals surface area (Å²) in [6.45, 7) is 1.72. The van der Waals surface area contributed by atoms with Crippen molar-refractivity contribution in [3.8, 4) is 5.75 Å². The van der Waals surface area contributed by atoms with Crippen LogP contribution in [0.4, 0.5) is 8.78 Å². The second kappa shape index (κ2) is 4.68. The molecule has 0 radical (unpaired) electrons. The van der Waals surface area contributed by atoms with Gasteiger partial charge in [0.2, 0.25) is 0 Å². The average Bonchev–Trinajstić information content (AvgIpc) is 2.16. The summed E-state index contributed by atoms with van der Waals surface area (Å²) < 4.78 is 29.8. The fourth-order valence-electron chi connectivity index (χ4n) is 1.24. The number of hydrogen-bond donors (Lipinski definition) is 0. The third kappa shape index (κ3) is 2.20. The fraction of sp³-hybridized carbons (Fsp3) is 0.444. The minimum Gasteiger partial charge on any atom is -0.495 e. The molecule has 78 valence electrons. The highest BCUT2D eigenvalue weighted by Gasteiger charge is 2.15. The third-order valence-electron chi connectivity index (χ3n) is 1.80. The molecule has 1 aromatic heterocycles. The summed E-state index contributed by atoms with van der Waals surface area (Å²) in [5, 5.41) is 0.400. The van der Waals surface area contributed by atoms with Gasteiger partial charge in [0.25, 0.3) is 6.43 Å². The van der Waals surface area contributed by atoms with Crippen molar-refractivity contribution >= 4 is 15.9 Å². The Morgan fingerprint density at radius 1 is 1.57 bits per heavy atom. The van der Waals surface area contributed by atoms with Gasteiger partial charge >= 0.3 is 0 Å². The van der Waals surface area contributed by atoms with E-state index in [2.05, 4.69) is 20.9 Å². The summed E-state index contributed by atoms with van der Waals surface area (Å²) in [5.41, 5.74) is 0.966. The Morgan fingerprint density at radius 3 is 2.64 bits per heavy atom. The number of rotatable bonds is 3. The van der Waals surface area contributed by atoms with Crippen LogP contribution < -0.4 is 4.74 Å². The second-order valence-electron chi connectivity index (χ2n) is 2.78. The average molecular weight is 266 g/mol. The van der Waals surface area contributed by atoms with E-state index in [1.165, 1.54) is 13.2 Å². The van der Waals surface area contributed by atoms with E-state index in [0.29, 0.717) is 22.3 Å². The highest BCUT2D eigenvalue weighted by Crippen LogP contribution is 2.28. The Bertz CT molecular complexity index is 331. The van der Waals surface area contributed by atoms with Crippen molar-refractivity contribution in [3.63, 3.8) is 0 Å². The van der Waals surface area contributed by atoms with Crippen LogP contribution in [-0.4, -0.2) is 12.1 Å². The Kier molecular flexibility index (Phi) is 3.80. The number of nitrogens with zero attached hydrogens (tertiary/aromatic N) is 1. The van der Waals surface area contributed by atoms with Crippen LogP contribution in [0.25, 0.3) is 0 Å². The molecule has 0 aliphatic heterocycles. The molecule has 0 aromatic carbocycles. The highest BCUT2D eigenvalue weighted by molar-refractivity contribution is 9.08. The number of aromatic nitrogens is 1. The van der Waals surface area contributed by atoms with Crippen molar-refractivity contribution in [3.05, 3.63) is 23.0 Å². The zero-order valence-corrected chi connectivity index (χ0v) is 9.44. The molecule has 0 fully saturated rings. The van der Waals surface area contributed by atoms with Crippen molar-refractivity contribution < 1.29 is 13.5 Å². The first-order valence-electron chi connectivity index (χ1n) is 3.98. The molecule has 2 nitrogen and oxygen atoms in total. The van der Waals surface area contributed by atoms with E-state index in [0.717, 1.165) is 0 Å². The Morgan fingerprint density at radius 2 is 2.21 bits per heavy atom. The van der Waals surface area contributed by atoms with Crippen LogP contribution in [0.5, 0.6) is 5.75 Å². The molecule has 0 aliphatic carbocycles. The maximum Gasteiger partial charge on any atom is 0.280 e. The number of alkyl halides is 3. The SMILES string of the molecule is COc1c(C)cc(C(F)F)nc1CBr. The number of hydrogen-bond acceptors (Lipinski definition) is 2. The summed E-state index contributed by atoms with van der Waals surface area (Å²) in [4.78, 5) is 3.80. The standard InChI is InChI=1S/C9H10BrF2NO/c1-5-3-6(9(11)12)13-7(4-10)8(5)14-2/h3,9H,4H2,1-2H3. The lowest BCUT2D eigenvalue weighted by molar-refractivity contribution is 0.145. The van der Waals surface area contributed by atoms with Crippen LogP contribution in [0.2, 0.25) is 0 Å². The van der Waals surface area contributed by atoms with Gasteiger partial charge in [0.05, 0.1) is 12.8 Å². The van der Waals surface area contributed by atoms with Gasteiger partial charge in [-0.05, 0) is 18.6 Å². The number of methoxy groups -OCH3 is 1. The maximum absolute atomic E-state index is 12.4. The molecule has 0 atom stereocenters. The fourth-order valence-corrected chi connectivity index (χ4v) is 1.62. The molecule has 0 spiro atoms. The van der Waals surface area contributed by atoms with Gasteiger partial charge in [-0.3, -0.25) is 0 Å². The quantitative estimate of drug-likeness (QED) is 0.783. The van der Waals surface area contributed by atoms with Gasteiger partial charge in [-0.2, -0.15) is 0 Å². The van der Waals surface area contributed by atoms with E-state index in [-0.39, 0.29) is 5.69 Å². The first-order valence-corrected chi connectivity index (χ1v) is 5.10. The molecule has 0 saturated heterocycles. The molecular weight excluding hydrogens is 256 g/mol. The molecule has 0 bridgehead atoms. The molecule has 0 aliphatic rings. The van der Waals surface area contributed by atoms with E-state index < -0.39 is 6.43 Å². The zero-order valence-electron chi connectivity index (χ0n) is 7.85. The van der Waals surface area contributed by atoms with E-state index in [9.17, 15) is 8.78 Å². The minimum absolute atomic E-state index is 0.210. The lowest BCUT2D eigenvalue weighted by atomic mass is 10.2. The minimum atomic E-state index is -2.54. The number of aryl methyl sites for hydroxylation is 1. The molecule has 0 unspecified atom stereocenters. The topological polar surface area (TPSA) is 22.1 Å². The van der Waals surface area contributed by atoms with Gasteiger partial charge in [-0.15, -0.1) is 0 Å². The van der Waals surface area contributed by atoms with Crippen molar-refractivity contribution in [2.24, 2.45) is 0 Å². The molecule has 0 amide bonds. The summed E-state index contributed by atoms with van der Waals surface area (Å²) in [6, 6.07) is 1.34. The Hall–Kier alpha value is -0.710.